The van der Waals surface area contributed by atoms with Crippen LogP contribution in [0.1, 0.15) is 32.3 Å². The van der Waals surface area contributed by atoms with Crippen LogP contribution in [0.3, 0.4) is 0 Å². The van der Waals surface area contributed by atoms with Crippen LogP contribution in [0.4, 0.5) is 11.4 Å². The van der Waals surface area contributed by atoms with Gasteiger partial charge in [0.05, 0.1) is 0 Å². The van der Waals surface area contributed by atoms with Crippen molar-refractivity contribution in [1.29, 1.82) is 0 Å². The van der Waals surface area contributed by atoms with Crippen molar-refractivity contribution in [2.45, 2.75) is 16.8 Å². The van der Waals surface area contributed by atoms with Crippen LogP contribution < -0.4 is 20.7 Å². The Morgan fingerprint density at radius 3 is 2.08 bits per heavy atom. The number of nitrogens with one attached hydrogen (secondary N) is 3. The number of hydrogen-bond donors (Lipinski definition) is 3. The monoisotopic (exact) mass is 806 g/mol. The maximum Gasteiger partial charge on any atom is 0.272 e. The smallest absolute Gasteiger partial charge is 0.272 e. The molecule has 10 heteroatoms. The van der Waals surface area contributed by atoms with Gasteiger partial charge in [0.2, 0.25) is 11.8 Å². The van der Waals surface area contributed by atoms with E-state index in [9.17, 15) is 14.4 Å². The van der Waals surface area contributed by atoms with Crippen LogP contribution in [0, 0.1) is 0 Å². The van der Waals surface area contributed by atoms with Crippen molar-refractivity contribution in [3.8, 4) is 17.2 Å². The summed E-state index contributed by atoms with van der Waals surface area (Å²) in [5.41, 5.74) is 6.36. The summed E-state index contributed by atoms with van der Waals surface area (Å²) in [4.78, 5) is 46.5. The zero-order valence-electron chi connectivity index (χ0n) is 32.2. The zero-order valence-corrected chi connectivity index (χ0v) is 33.0. The molecule has 1 heterocycles. The second kappa shape index (κ2) is 18.7. The number of thioether (sulfide) groups is 1. The Morgan fingerprint density at radius 1 is 0.667 bits per heavy atom. The number of carbonyl (C=O) groups is 3. The van der Waals surface area contributed by atoms with Crippen molar-refractivity contribution in [2.75, 3.05) is 10.6 Å². The Kier molecular flexibility index (Phi) is 12.2. The van der Waals surface area contributed by atoms with Gasteiger partial charge in [-0.15, -0.1) is 11.8 Å². The number of aromatic nitrogens is 1. The molecule has 0 bridgehead atoms. The highest BCUT2D eigenvalue weighted by atomic mass is 32.2. The average molecular weight is 807 g/mol. The topological polar surface area (TPSA) is 123 Å². The second-order valence-electron chi connectivity index (χ2n) is 13.7. The van der Waals surface area contributed by atoms with E-state index in [1.807, 2.05) is 152 Å². The third kappa shape index (κ3) is 10.1. The summed E-state index contributed by atoms with van der Waals surface area (Å²) < 4.78 is 11.9. The lowest BCUT2D eigenvalue weighted by Crippen LogP contribution is -2.30. The Labute approximate surface area is 351 Å². The number of hydrogen-bond acceptors (Lipinski definition) is 7. The molecule has 3 amide bonds. The molecule has 1 unspecified atom stereocenters. The van der Waals surface area contributed by atoms with E-state index in [1.54, 1.807) is 42.5 Å². The Bertz CT molecular complexity index is 2720. The minimum absolute atomic E-state index is 0.0449. The Hall–Kier alpha value is -7.69. The molecule has 0 aliphatic rings. The standard InChI is InChI=1S/C50H38N4O5S/c55-47(37-17-8-3-9-18-37)53-44(31-34-23-29-41(30-24-34)58-33-35-13-4-1-5-14-35)48(56)52-40-19-12-20-42(32-40)60-46(36-15-6-2-7-16-36)49(57)51-39-27-25-38(26-28-39)50-54-43-21-10-11-22-45(43)59-50/h1-32,46H,33H2,(H,51,57)(H,52,56)(H,53,55)/b44-31-. The Morgan fingerprint density at radius 2 is 1.35 bits per heavy atom. The van der Waals surface area contributed by atoms with E-state index in [1.165, 1.54) is 11.8 Å². The van der Waals surface area contributed by atoms with Crippen LogP contribution in [0.25, 0.3) is 28.6 Å². The number of amides is 3. The SMILES string of the molecule is O=C(Nc1cccc(SC(C(=O)Nc2ccc(-c3nc4ccccc4o3)cc2)c2ccccc2)c1)/C(=C/c1ccc(OCc2ccccc2)cc1)NC(=O)c1ccccc1. The van der Waals surface area contributed by atoms with Crippen molar-refractivity contribution in [3.63, 3.8) is 0 Å². The molecule has 0 saturated heterocycles. The molecule has 0 radical (unpaired) electrons. The molecule has 60 heavy (non-hydrogen) atoms. The lowest BCUT2D eigenvalue weighted by molar-refractivity contribution is -0.116. The fraction of sp³-hybridized carbons (Fsp3) is 0.0400. The summed E-state index contributed by atoms with van der Waals surface area (Å²) in [5.74, 6) is -0.00729. The number of carbonyl (C=O) groups excluding carboxylic acids is 3. The maximum atomic E-state index is 14.0. The summed E-state index contributed by atoms with van der Waals surface area (Å²) in [6.45, 7) is 0.419. The van der Waals surface area contributed by atoms with E-state index < -0.39 is 17.1 Å². The first-order chi connectivity index (χ1) is 29.4. The molecule has 8 aromatic rings. The molecule has 0 aliphatic carbocycles. The van der Waals surface area contributed by atoms with Gasteiger partial charge in [-0.1, -0.05) is 109 Å². The van der Waals surface area contributed by atoms with Crippen LogP contribution >= 0.6 is 11.8 Å². The molecule has 3 N–H and O–H groups in total. The number of para-hydroxylation sites is 2. The molecule has 1 aromatic heterocycles. The van der Waals surface area contributed by atoms with E-state index in [2.05, 4.69) is 20.9 Å². The number of rotatable bonds is 14. The molecule has 0 aliphatic heterocycles. The number of benzene rings is 7. The third-order valence-corrected chi connectivity index (χ3v) is 10.6. The fourth-order valence-electron chi connectivity index (χ4n) is 6.29. The van der Waals surface area contributed by atoms with E-state index in [4.69, 9.17) is 9.15 Å². The van der Waals surface area contributed by atoms with Crippen LogP contribution in [0.5, 0.6) is 5.75 Å². The van der Waals surface area contributed by atoms with Gasteiger partial charge in [0.1, 0.15) is 28.8 Å². The third-order valence-electron chi connectivity index (χ3n) is 9.35. The van der Waals surface area contributed by atoms with Crippen LogP contribution in [-0.2, 0) is 16.2 Å². The molecule has 1 atom stereocenters. The van der Waals surface area contributed by atoms with Gasteiger partial charge in [0, 0.05) is 27.4 Å². The number of anilines is 2. The van der Waals surface area contributed by atoms with Gasteiger partial charge < -0.3 is 25.1 Å². The normalized spacial score (nSPS) is 11.7. The molecule has 0 spiro atoms. The molecule has 9 nitrogen and oxygen atoms in total. The molecule has 7 aromatic carbocycles. The summed E-state index contributed by atoms with van der Waals surface area (Å²) in [6, 6.07) is 57.5. The summed E-state index contributed by atoms with van der Waals surface area (Å²) in [5, 5.41) is 8.18. The van der Waals surface area contributed by atoms with Crippen molar-refractivity contribution >= 4 is 58.0 Å². The zero-order chi connectivity index (χ0) is 41.1. The summed E-state index contributed by atoms with van der Waals surface area (Å²) >= 11 is 1.35. The van der Waals surface area contributed by atoms with Gasteiger partial charge in [-0.25, -0.2) is 4.98 Å². The van der Waals surface area contributed by atoms with Gasteiger partial charge in [-0.05, 0) is 102 Å². The fourth-order valence-corrected chi connectivity index (χ4v) is 7.38. The van der Waals surface area contributed by atoms with Gasteiger partial charge >= 0.3 is 0 Å². The average Bonchev–Trinajstić information content (AvgIpc) is 3.74. The Balaban J connectivity index is 0.979. The highest BCUT2D eigenvalue weighted by molar-refractivity contribution is 8.00. The lowest BCUT2D eigenvalue weighted by atomic mass is 10.1. The summed E-state index contributed by atoms with van der Waals surface area (Å²) in [7, 11) is 0. The maximum absolute atomic E-state index is 14.0. The van der Waals surface area contributed by atoms with Crippen molar-refractivity contribution in [3.05, 3.63) is 216 Å². The largest absolute Gasteiger partial charge is 0.489 e. The number of nitrogens with zero attached hydrogens (tertiary/aromatic N) is 1. The predicted molar refractivity (Wildman–Crippen MR) is 237 cm³/mol. The molecule has 0 fully saturated rings. The van der Waals surface area contributed by atoms with E-state index in [0.717, 1.165) is 27.1 Å². The van der Waals surface area contributed by atoms with Crippen LogP contribution in [-0.4, -0.2) is 22.7 Å². The molecule has 0 saturated carbocycles. The first kappa shape index (κ1) is 39.2. The van der Waals surface area contributed by atoms with E-state index >= 15 is 0 Å². The first-order valence-corrected chi connectivity index (χ1v) is 20.1. The highest BCUT2D eigenvalue weighted by Gasteiger charge is 2.23. The van der Waals surface area contributed by atoms with Gasteiger partial charge in [-0.3, -0.25) is 14.4 Å². The quantitative estimate of drug-likeness (QED) is 0.0738. The number of oxazole rings is 1. The van der Waals surface area contributed by atoms with Crippen LogP contribution in [0.2, 0.25) is 0 Å². The number of ether oxygens (including phenoxy) is 1. The van der Waals surface area contributed by atoms with Crippen molar-refractivity contribution in [1.82, 2.24) is 10.3 Å². The molecule has 8 rings (SSSR count). The molecule has 294 valence electrons. The summed E-state index contributed by atoms with van der Waals surface area (Å²) in [6.07, 6.45) is 1.62. The highest BCUT2D eigenvalue weighted by Crippen LogP contribution is 2.37. The van der Waals surface area contributed by atoms with Crippen molar-refractivity contribution in [2.24, 2.45) is 0 Å². The lowest BCUT2D eigenvalue weighted by Gasteiger charge is -2.18. The van der Waals surface area contributed by atoms with Crippen molar-refractivity contribution < 1.29 is 23.5 Å². The second-order valence-corrected chi connectivity index (χ2v) is 14.8. The van der Waals surface area contributed by atoms with E-state index in [-0.39, 0.29) is 11.6 Å². The van der Waals surface area contributed by atoms with Gasteiger partial charge in [-0.2, -0.15) is 0 Å². The predicted octanol–water partition coefficient (Wildman–Crippen LogP) is 11.0. The number of fused-ring (bicyclic) bond motifs is 1. The van der Waals surface area contributed by atoms with Crippen LogP contribution in [0.15, 0.2) is 203 Å². The minimum Gasteiger partial charge on any atom is -0.489 e. The first-order valence-electron chi connectivity index (χ1n) is 19.2. The minimum atomic E-state index is -0.630. The van der Waals surface area contributed by atoms with E-state index in [0.29, 0.717) is 46.3 Å². The molecular weight excluding hydrogens is 769 g/mol. The van der Waals surface area contributed by atoms with Gasteiger partial charge in [0.25, 0.3) is 11.8 Å². The molecular formula is C50H38N4O5S. The van der Waals surface area contributed by atoms with Gasteiger partial charge in [0.15, 0.2) is 5.58 Å².